The van der Waals surface area contributed by atoms with Crippen LogP contribution in [0.25, 0.3) is 22.0 Å². The number of fused-ring (bicyclic) bond motifs is 4. The van der Waals surface area contributed by atoms with Crippen molar-refractivity contribution in [1.29, 1.82) is 0 Å². The van der Waals surface area contributed by atoms with Crippen molar-refractivity contribution in [3.8, 4) is 11.1 Å². The third-order valence-electron chi connectivity index (χ3n) is 6.51. The van der Waals surface area contributed by atoms with Crippen molar-refractivity contribution in [2.45, 2.75) is 24.5 Å². The molecule has 1 amide bonds. The van der Waals surface area contributed by atoms with Crippen LogP contribution in [0.15, 0.2) is 66.9 Å². The fraction of sp³-hybridized carbons (Fsp3) is 0.231. The Hall–Kier alpha value is -4.28. The van der Waals surface area contributed by atoms with Gasteiger partial charge in [-0.3, -0.25) is 15.2 Å². The molecule has 2 unspecified atom stereocenters. The van der Waals surface area contributed by atoms with Crippen LogP contribution in [0.3, 0.4) is 0 Å². The number of rotatable bonds is 8. The van der Waals surface area contributed by atoms with Gasteiger partial charge in [-0.05, 0) is 40.3 Å². The number of aromatic amines is 1. The summed E-state index contributed by atoms with van der Waals surface area (Å²) in [5, 5.41) is 41.6. The number of benzene rings is 3. The Labute approximate surface area is 205 Å². The Morgan fingerprint density at radius 2 is 1.78 bits per heavy atom. The lowest BCUT2D eigenvalue weighted by atomic mass is 9.98. The van der Waals surface area contributed by atoms with E-state index < -0.39 is 23.2 Å². The van der Waals surface area contributed by atoms with E-state index in [1.807, 2.05) is 36.4 Å². The van der Waals surface area contributed by atoms with E-state index in [2.05, 4.69) is 27.6 Å². The monoisotopic (exact) mass is 488 g/mol. The summed E-state index contributed by atoms with van der Waals surface area (Å²) < 4.78 is 5.47. The van der Waals surface area contributed by atoms with E-state index in [4.69, 9.17) is 4.74 Å². The smallest absolute Gasteiger partial charge is 0.407 e. The van der Waals surface area contributed by atoms with Gasteiger partial charge in [0, 0.05) is 18.5 Å². The van der Waals surface area contributed by atoms with Crippen LogP contribution >= 0.6 is 0 Å². The molecule has 0 fully saturated rings. The lowest BCUT2D eigenvalue weighted by Crippen LogP contribution is -2.30. The number of hydrogen-bond donors (Lipinski definition) is 4. The molecule has 10 nitrogen and oxygen atoms in total. The highest BCUT2D eigenvalue weighted by Crippen LogP contribution is 2.44. The summed E-state index contributed by atoms with van der Waals surface area (Å²) in [6.45, 7) is 0.211. The number of H-pyrrole nitrogens is 1. The Morgan fingerprint density at radius 3 is 2.44 bits per heavy atom. The molecule has 3 aromatic carbocycles. The molecule has 0 aliphatic heterocycles. The van der Waals surface area contributed by atoms with Crippen LogP contribution in [-0.4, -0.2) is 50.7 Å². The summed E-state index contributed by atoms with van der Waals surface area (Å²) in [4.78, 5) is 23.1. The van der Waals surface area contributed by atoms with Crippen LogP contribution in [0, 0.1) is 10.1 Å². The number of nitrogens with one attached hydrogen (secondary N) is 2. The molecule has 1 aliphatic carbocycles. The van der Waals surface area contributed by atoms with E-state index in [9.17, 15) is 25.1 Å². The minimum Gasteiger partial charge on any atom is -0.449 e. The zero-order chi connectivity index (χ0) is 25.2. The molecule has 1 aliphatic rings. The van der Waals surface area contributed by atoms with Gasteiger partial charge < -0.3 is 20.3 Å². The van der Waals surface area contributed by atoms with Gasteiger partial charge in [0.15, 0.2) is 0 Å². The first kappa shape index (κ1) is 23.5. The van der Waals surface area contributed by atoms with Crippen LogP contribution in [0.4, 0.5) is 10.5 Å². The molecule has 1 aromatic heterocycles. The Morgan fingerprint density at radius 1 is 1.11 bits per heavy atom. The van der Waals surface area contributed by atoms with Gasteiger partial charge in [-0.25, -0.2) is 4.79 Å². The molecule has 0 bridgehead atoms. The van der Waals surface area contributed by atoms with Gasteiger partial charge in [-0.2, -0.15) is 5.10 Å². The number of aliphatic hydroxyl groups excluding tert-OH is 2. The second-order valence-electron chi connectivity index (χ2n) is 8.68. The van der Waals surface area contributed by atoms with E-state index in [0.29, 0.717) is 10.9 Å². The molecule has 0 spiro atoms. The van der Waals surface area contributed by atoms with Crippen LogP contribution in [0.2, 0.25) is 0 Å². The minimum absolute atomic E-state index is 0.0141. The van der Waals surface area contributed by atoms with Gasteiger partial charge >= 0.3 is 6.09 Å². The molecule has 36 heavy (non-hydrogen) atoms. The largest absolute Gasteiger partial charge is 0.449 e. The van der Waals surface area contributed by atoms with Crippen molar-refractivity contribution in [1.82, 2.24) is 15.5 Å². The third-order valence-corrected chi connectivity index (χ3v) is 6.51. The normalized spacial score (nSPS) is 14.2. The summed E-state index contributed by atoms with van der Waals surface area (Å²) in [5.74, 6) is -0.0660. The van der Waals surface area contributed by atoms with Crippen LogP contribution in [0.1, 0.15) is 35.1 Å². The first-order valence-corrected chi connectivity index (χ1v) is 11.5. The van der Waals surface area contributed by atoms with Crippen LogP contribution in [0.5, 0.6) is 0 Å². The van der Waals surface area contributed by atoms with Gasteiger partial charge in [-0.15, -0.1) is 0 Å². The predicted molar refractivity (Wildman–Crippen MR) is 131 cm³/mol. The van der Waals surface area contributed by atoms with Crippen LogP contribution < -0.4 is 5.32 Å². The molecule has 184 valence electrons. The standard InChI is InChI=1S/C26H24N4O6/c31-24(25(32)15-11-22-20(13-28-29-22)23(12-15)30(34)35)9-10-27-26(33)36-14-21-18-7-3-1-5-16(18)17-6-2-4-8-19(17)21/h1-8,11-13,21,24-25,31-32H,9-10,14H2,(H,27,33)(H,28,29). The number of carbonyl (C=O) groups is 1. The maximum Gasteiger partial charge on any atom is 0.407 e. The van der Waals surface area contributed by atoms with Gasteiger partial charge in [0.25, 0.3) is 5.69 Å². The lowest BCUT2D eigenvalue weighted by Gasteiger charge is -2.19. The number of hydrogen-bond acceptors (Lipinski definition) is 7. The summed E-state index contributed by atoms with van der Waals surface area (Å²) in [7, 11) is 0. The summed E-state index contributed by atoms with van der Waals surface area (Å²) in [6, 6.07) is 18.8. The van der Waals surface area contributed by atoms with Crippen molar-refractivity contribution in [3.63, 3.8) is 0 Å². The van der Waals surface area contributed by atoms with E-state index in [-0.39, 0.29) is 36.7 Å². The third kappa shape index (κ3) is 4.39. The molecule has 0 radical (unpaired) electrons. The highest BCUT2D eigenvalue weighted by atomic mass is 16.6. The van der Waals surface area contributed by atoms with Crippen molar-refractivity contribution >= 4 is 22.7 Å². The molecule has 2 atom stereocenters. The quantitative estimate of drug-likeness (QED) is 0.218. The van der Waals surface area contributed by atoms with Crippen molar-refractivity contribution in [2.24, 2.45) is 0 Å². The topological polar surface area (TPSA) is 151 Å². The highest BCUT2D eigenvalue weighted by molar-refractivity contribution is 5.88. The molecule has 5 rings (SSSR count). The minimum atomic E-state index is -1.39. The number of nitro benzene ring substituents is 1. The maximum atomic E-state index is 12.3. The van der Waals surface area contributed by atoms with E-state index in [0.717, 1.165) is 22.3 Å². The summed E-state index contributed by atoms with van der Waals surface area (Å²) in [5.41, 5.74) is 4.80. The SMILES string of the molecule is O=C(NCCC(O)C(O)c1cc([N+](=O)[O-])c2cn[nH]c2c1)OCC1c2ccccc2-c2ccccc21. The van der Waals surface area contributed by atoms with Gasteiger partial charge in [-0.1, -0.05) is 48.5 Å². The molecule has 10 heteroatoms. The number of ether oxygens (including phenoxy) is 1. The first-order chi connectivity index (χ1) is 17.4. The van der Waals surface area contributed by atoms with E-state index in [1.165, 1.54) is 18.3 Å². The number of aromatic nitrogens is 2. The predicted octanol–water partition coefficient (Wildman–Crippen LogP) is 3.79. The molecule has 4 N–H and O–H groups in total. The summed E-state index contributed by atoms with van der Waals surface area (Å²) in [6.07, 6.45) is -1.94. The lowest BCUT2D eigenvalue weighted by molar-refractivity contribution is -0.383. The molecular formula is C26H24N4O6. The van der Waals surface area contributed by atoms with Gasteiger partial charge in [0.05, 0.1) is 28.1 Å². The molecule has 0 saturated heterocycles. The van der Waals surface area contributed by atoms with Gasteiger partial charge in [0.1, 0.15) is 12.7 Å². The second-order valence-corrected chi connectivity index (χ2v) is 8.68. The summed E-state index contributed by atoms with van der Waals surface area (Å²) >= 11 is 0. The first-order valence-electron chi connectivity index (χ1n) is 11.5. The number of nitro groups is 1. The van der Waals surface area contributed by atoms with Crippen molar-refractivity contribution in [2.75, 3.05) is 13.2 Å². The molecular weight excluding hydrogens is 464 g/mol. The molecule has 0 saturated carbocycles. The second kappa shape index (κ2) is 9.76. The van der Waals surface area contributed by atoms with Crippen molar-refractivity contribution < 1.29 is 24.7 Å². The number of aliphatic hydroxyl groups is 2. The number of amides is 1. The maximum absolute atomic E-state index is 12.3. The highest BCUT2D eigenvalue weighted by Gasteiger charge is 2.29. The molecule has 4 aromatic rings. The Bertz CT molecular complexity index is 1390. The number of non-ortho nitro benzene ring substituents is 1. The fourth-order valence-electron chi connectivity index (χ4n) is 4.73. The van der Waals surface area contributed by atoms with E-state index in [1.54, 1.807) is 0 Å². The van der Waals surface area contributed by atoms with Crippen molar-refractivity contribution in [3.05, 3.63) is 93.7 Å². The number of nitrogens with zero attached hydrogens (tertiary/aromatic N) is 2. The Balaban J connectivity index is 1.16. The van der Waals surface area contributed by atoms with Gasteiger partial charge in [0.2, 0.25) is 0 Å². The number of alkyl carbamates (subject to hydrolysis) is 1. The zero-order valence-electron chi connectivity index (χ0n) is 19.1. The molecule has 1 heterocycles. The van der Waals surface area contributed by atoms with Crippen LogP contribution in [-0.2, 0) is 4.74 Å². The average Bonchev–Trinajstić information content (AvgIpc) is 3.49. The fourth-order valence-corrected chi connectivity index (χ4v) is 4.73. The zero-order valence-corrected chi connectivity index (χ0v) is 19.1. The van der Waals surface area contributed by atoms with E-state index >= 15 is 0 Å². The number of carbonyl (C=O) groups excluding carboxylic acids is 1. The Kier molecular flexibility index (Phi) is 6.36. The average molecular weight is 489 g/mol.